The van der Waals surface area contributed by atoms with Gasteiger partial charge in [0.2, 0.25) is 0 Å². The molecule has 0 fully saturated rings. The standard InChI is InChI=1S/C19H17F6NO3S/c1-3-13-26(30(27,28)16-7-5-4-6-8-16)15-11-9-14(10-12-15)17(29-2,18(20,21)22)19(23,24)25/h3-12H,1,13H2,2H3. The zero-order valence-corrected chi connectivity index (χ0v) is 16.4. The number of ether oxygens (including phenoxy) is 1. The van der Waals surface area contributed by atoms with Crippen LogP contribution in [0.25, 0.3) is 0 Å². The first-order valence-electron chi connectivity index (χ1n) is 8.30. The molecule has 0 saturated heterocycles. The minimum Gasteiger partial charge on any atom is -0.357 e. The molecular weight excluding hydrogens is 436 g/mol. The summed E-state index contributed by atoms with van der Waals surface area (Å²) in [6, 6.07) is 9.93. The summed E-state index contributed by atoms with van der Waals surface area (Å²) in [7, 11) is -3.84. The molecule has 11 heteroatoms. The van der Waals surface area contributed by atoms with Gasteiger partial charge in [0.15, 0.2) is 0 Å². The second kappa shape index (κ2) is 8.31. The minimum atomic E-state index is -5.81. The van der Waals surface area contributed by atoms with E-state index in [2.05, 4.69) is 11.3 Å². The van der Waals surface area contributed by atoms with Crippen molar-refractivity contribution in [2.24, 2.45) is 0 Å². The lowest BCUT2D eigenvalue weighted by molar-refractivity contribution is -0.383. The van der Waals surface area contributed by atoms with E-state index < -0.39 is 33.5 Å². The Morgan fingerprint density at radius 2 is 1.43 bits per heavy atom. The van der Waals surface area contributed by atoms with Gasteiger partial charge in [-0.3, -0.25) is 4.31 Å². The molecule has 0 N–H and O–H groups in total. The third kappa shape index (κ3) is 4.04. The zero-order valence-electron chi connectivity index (χ0n) is 15.5. The molecule has 0 amide bonds. The van der Waals surface area contributed by atoms with Crippen LogP contribution in [0.3, 0.4) is 0 Å². The SMILES string of the molecule is C=CCN(c1ccc(C(OC)(C(F)(F)F)C(F)(F)F)cc1)S(=O)(=O)c1ccccc1. The summed E-state index contributed by atoms with van der Waals surface area (Å²) in [6.07, 6.45) is -10.4. The number of methoxy groups -OCH3 is 1. The number of alkyl halides is 6. The topological polar surface area (TPSA) is 46.6 Å². The number of sulfonamides is 1. The number of nitrogens with zero attached hydrogens (tertiary/aromatic N) is 1. The molecule has 0 radical (unpaired) electrons. The maximum atomic E-state index is 13.4. The Kier molecular flexibility index (Phi) is 6.57. The second-order valence-corrected chi connectivity index (χ2v) is 7.93. The van der Waals surface area contributed by atoms with Crippen LogP contribution in [0.4, 0.5) is 32.0 Å². The number of halogens is 6. The van der Waals surface area contributed by atoms with Crippen LogP contribution in [0.1, 0.15) is 5.56 Å². The average Bonchev–Trinajstić information content (AvgIpc) is 2.66. The normalized spacial score (nSPS) is 13.2. The van der Waals surface area contributed by atoms with Crippen LogP contribution in [0, 0.1) is 0 Å². The summed E-state index contributed by atoms with van der Waals surface area (Å²) in [6.45, 7) is 3.18. The fourth-order valence-electron chi connectivity index (χ4n) is 2.88. The van der Waals surface area contributed by atoms with Gasteiger partial charge in [0.25, 0.3) is 15.6 Å². The Bertz CT molecular complexity index is 956. The minimum absolute atomic E-state index is 0.104. The van der Waals surface area contributed by atoms with E-state index in [4.69, 9.17) is 0 Å². The van der Waals surface area contributed by atoms with Crippen LogP contribution in [0.5, 0.6) is 0 Å². The largest absolute Gasteiger partial charge is 0.430 e. The molecule has 0 aliphatic rings. The molecule has 0 heterocycles. The third-order valence-electron chi connectivity index (χ3n) is 4.29. The molecule has 0 saturated carbocycles. The molecule has 2 aromatic carbocycles. The van der Waals surface area contributed by atoms with Crippen LogP contribution >= 0.6 is 0 Å². The van der Waals surface area contributed by atoms with Crippen LogP contribution < -0.4 is 4.31 Å². The van der Waals surface area contributed by atoms with E-state index in [1.807, 2.05) is 0 Å². The van der Waals surface area contributed by atoms with Crippen molar-refractivity contribution in [2.75, 3.05) is 18.0 Å². The van der Waals surface area contributed by atoms with Gasteiger partial charge in [0.1, 0.15) is 0 Å². The van der Waals surface area contributed by atoms with Crippen LogP contribution in [-0.4, -0.2) is 34.4 Å². The first-order chi connectivity index (χ1) is 13.8. The highest BCUT2D eigenvalue weighted by atomic mass is 32.2. The Hall–Kier alpha value is -2.53. The maximum absolute atomic E-state index is 13.4. The molecule has 2 aromatic rings. The quantitative estimate of drug-likeness (QED) is 0.436. The number of hydrogen-bond donors (Lipinski definition) is 0. The molecule has 0 spiro atoms. The molecule has 2 rings (SSSR count). The fraction of sp³-hybridized carbons (Fsp3) is 0.263. The first kappa shape index (κ1) is 23.7. The predicted octanol–water partition coefficient (Wildman–Crippen LogP) is 5.03. The zero-order chi connectivity index (χ0) is 22.8. The Balaban J connectivity index is 2.59. The molecule has 0 atom stereocenters. The Labute approximate surface area is 169 Å². The van der Waals surface area contributed by atoms with Crippen LogP contribution in [0.15, 0.2) is 72.1 Å². The van der Waals surface area contributed by atoms with Crippen molar-refractivity contribution in [1.29, 1.82) is 0 Å². The lowest BCUT2D eigenvalue weighted by Crippen LogP contribution is -2.55. The highest BCUT2D eigenvalue weighted by Crippen LogP contribution is 2.52. The Morgan fingerprint density at radius 1 is 0.933 bits per heavy atom. The molecular formula is C19H17F6NO3S. The highest BCUT2D eigenvalue weighted by molar-refractivity contribution is 7.92. The van der Waals surface area contributed by atoms with Gasteiger partial charge in [-0.15, -0.1) is 6.58 Å². The summed E-state index contributed by atoms with van der Waals surface area (Å²) < 4.78 is 111. The molecule has 0 bridgehead atoms. The molecule has 4 nitrogen and oxygen atoms in total. The van der Waals surface area contributed by atoms with E-state index in [1.165, 1.54) is 30.3 Å². The van der Waals surface area contributed by atoms with Crippen molar-refractivity contribution in [1.82, 2.24) is 0 Å². The average molecular weight is 453 g/mol. The molecule has 0 aromatic heterocycles. The van der Waals surface area contributed by atoms with Gasteiger partial charge in [0.05, 0.1) is 17.1 Å². The summed E-state index contributed by atoms with van der Waals surface area (Å²) in [4.78, 5) is -0.104. The van der Waals surface area contributed by atoms with E-state index in [1.54, 1.807) is 6.07 Å². The van der Waals surface area contributed by atoms with Crippen molar-refractivity contribution < 1.29 is 39.5 Å². The molecule has 30 heavy (non-hydrogen) atoms. The second-order valence-electron chi connectivity index (χ2n) is 6.07. The maximum Gasteiger partial charge on any atom is 0.430 e. The van der Waals surface area contributed by atoms with Crippen molar-refractivity contribution in [3.63, 3.8) is 0 Å². The number of benzene rings is 2. The summed E-state index contributed by atoms with van der Waals surface area (Å²) in [5, 5.41) is 0. The van der Waals surface area contributed by atoms with E-state index in [0.717, 1.165) is 16.4 Å². The summed E-state index contributed by atoms with van der Waals surface area (Å²) in [5.41, 5.74) is -5.93. The number of hydrogen-bond acceptors (Lipinski definition) is 3. The van der Waals surface area contributed by atoms with Crippen molar-refractivity contribution in [3.05, 3.63) is 72.8 Å². The Morgan fingerprint density at radius 3 is 1.83 bits per heavy atom. The van der Waals surface area contributed by atoms with Gasteiger partial charge in [-0.25, -0.2) is 8.42 Å². The third-order valence-corrected chi connectivity index (χ3v) is 6.10. The molecule has 164 valence electrons. The van der Waals surface area contributed by atoms with Gasteiger partial charge in [-0.1, -0.05) is 36.4 Å². The van der Waals surface area contributed by atoms with Crippen molar-refractivity contribution in [3.8, 4) is 0 Å². The molecule has 0 aliphatic carbocycles. The van der Waals surface area contributed by atoms with Gasteiger partial charge in [-0.05, 0) is 24.3 Å². The monoisotopic (exact) mass is 453 g/mol. The summed E-state index contributed by atoms with van der Waals surface area (Å²) in [5.74, 6) is 0. The van der Waals surface area contributed by atoms with Gasteiger partial charge in [-0.2, -0.15) is 26.3 Å². The van der Waals surface area contributed by atoms with Gasteiger partial charge < -0.3 is 4.74 Å². The van der Waals surface area contributed by atoms with E-state index in [9.17, 15) is 34.8 Å². The van der Waals surface area contributed by atoms with Gasteiger partial charge >= 0.3 is 12.4 Å². The van der Waals surface area contributed by atoms with E-state index in [0.29, 0.717) is 19.2 Å². The number of rotatable bonds is 7. The number of anilines is 1. The lowest BCUT2D eigenvalue weighted by Gasteiger charge is -2.36. The van der Waals surface area contributed by atoms with Crippen LogP contribution in [-0.2, 0) is 20.4 Å². The summed E-state index contributed by atoms with van der Waals surface area (Å²) >= 11 is 0. The fourth-order valence-corrected chi connectivity index (χ4v) is 4.34. The predicted molar refractivity (Wildman–Crippen MR) is 98.4 cm³/mol. The van der Waals surface area contributed by atoms with Crippen molar-refractivity contribution in [2.45, 2.75) is 22.8 Å². The molecule has 0 aliphatic heterocycles. The lowest BCUT2D eigenvalue weighted by atomic mass is 9.91. The van der Waals surface area contributed by atoms with E-state index >= 15 is 0 Å². The smallest absolute Gasteiger partial charge is 0.357 e. The highest BCUT2D eigenvalue weighted by Gasteiger charge is 2.73. The van der Waals surface area contributed by atoms with Crippen molar-refractivity contribution >= 4 is 15.7 Å². The van der Waals surface area contributed by atoms with Gasteiger partial charge in [0, 0.05) is 12.7 Å². The van der Waals surface area contributed by atoms with Crippen LogP contribution in [0.2, 0.25) is 0 Å². The van der Waals surface area contributed by atoms with E-state index in [-0.39, 0.29) is 17.1 Å². The first-order valence-corrected chi connectivity index (χ1v) is 9.74. The molecule has 0 unspecified atom stereocenters.